The Bertz CT molecular complexity index is 1050. The van der Waals surface area contributed by atoms with Gasteiger partial charge >= 0.3 is 0 Å². The SMILES string of the molecule is COc1ccc(S(=O)(=O)NCc2cccn2Cc2ccccc2F)cc1Cl. The molecule has 0 radical (unpaired) electrons. The van der Waals surface area contributed by atoms with Crippen LogP contribution in [-0.2, 0) is 23.1 Å². The highest BCUT2D eigenvalue weighted by Crippen LogP contribution is 2.27. The van der Waals surface area contributed by atoms with Crippen LogP contribution in [0.15, 0.2) is 65.7 Å². The Morgan fingerprint density at radius 3 is 2.63 bits per heavy atom. The normalized spacial score (nSPS) is 11.5. The molecule has 8 heteroatoms. The molecule has 0 unspecified atom stereocenters. The van der Waals surface area contributed by atoms with Crippen molar-refractivity contribution < 1.29 is 17.5 Å². The molecule has 1 N–H and O–H groups in total. The molecule has 0 aliphatic carbocycles. The van der Waals surface area contributed by atoms with Gasteiger partial charge in [0.25, 0.3) is 0 Å². The topological polar surface area (TPSA) is 60.3 Å². The van der Waals surface area contributed by atoms with E-state index in [4.69, 9.17) is 16.3 Å². The minimum Gasteiger partial charge on any atom is -0.495 e. The molecule has 27 heavy (non-hydrogen) atoms. The van der Waals surface area contributed by atoms with Crippen LogP contribution in [0.2, 0.25) is 5.02 Å². The van der Waals surface area contributed by atoms with E-state index in [2.05, 4.69) is 4.72 Å². The van der Waals surface area contributed by atoms with Crippen molar-refractivity contribution in [2.45, 2.75) is 18.0 Å². The molecular weight excluding hydrogens is 391 g/mol. The van der Waals surface area contributed by atoms with Gasteiger partial charge in [-0.3, -0.25) is 0 Å². The van der Waals surface area contributed by atoms with Crippen LogP contribution in [0, 0.1) is 5.82 Å². The standard InChI is InChI=1S/C19H18ClFN2O3S/c1-26-19-9-8-16(11-17(19)20)27(24,25)22-12-15-6-4-10-23(15)13-14-5-2-3-7-18(14)21/h2-11,22H,12-13H2,1H3. The molecule has 3 rings (SSSR count). The van der Waals surface area contributed by atoms with Gasteiger partial charge in [0.1, 0.15) is 11.6 Å². The van der Waals surface area contributed by atoms with E-state index in [9.17, 15) is 12.8 Å². The van der Waals surface area contributed by atoms with E-state index in [1.54, 1.807) is 41.1 Å². The molecule has 3 aromatic rings. The molecule has 0 aliphatic heterocycles. The van der Waals surface area contributed by atoms with E-state index in [1.165, 1.54) is 31.4 Å². The summed E-state index contributed by atoms with van der Waals surface area (Å²) in [5.41, 5.74) is 1.24. The molecular formula is C19H18ClFN2O3S. The van der Waals surface area contributed by atoms with Crippen molar-refractivity contribution in [1.29, 1.82) is 0 Å². The summed E-state index contributed by atoms with van der Waals surface area (Å²) in [6, 6.07) is 14.3. The minimum atomic E-state index is -3.76. The fourth-order valence-electron chi connectivity index (χ4n) is 2.64. The number of aromatic nitrogens is 1. The maximum atomic E-state index is 13.9. The van der Waals surface area contributed by atoms with Crippen molar-refractivity contribution in [2.24, 2.45) is 0 Å². The third kappa shape index (κ3) is 4.50. The molecule has 1 heterocycles. The average molecular weight is 409 g/mol. The lowest BCUT2D eigenvalue weighted by molar-refractivity contribution is 0.414. The van der Waals surface area contributed by atoms with Crippen LogP contribution < -0.4 is 9.46 Å². The number of ether oxygens (including phenoxy) is 1. The molecule has 0 saturated heterocycles. The highest BCUT2D eigenvalue weighted by Gasteiger charge is 2.17. The van der Waals surface area contributed by atoms with Crippen molar-refractivity contribution in [2.75, 3.05) is 7.11 Å². The van der Waals surface area contributed by atoms with Gasteiger partial charge in [-0.25, -0.2) is 17.5 Å². The van der Waals surface area contributed by atoms with Gasteiger partial charge in [-0.1, -0.05) is 29.8 Å². The van der Waals surface area contributed by atoms with Gasteiger partial charge in [-0.15, -0.1) is 0 Å². The van der Waals surface area contributed by atoms with Gasteiger partial charge in [0.2, 0.25) is 10.0 Å². The molecule has 1 aromatic heterocycles. The summed E-state index contributed by atoms with van der Waals surface area (Å²) >= 11 is 6.01. The summed E-state index contributed by atoms with van der Waals surface area (Å²) in [7, 11) is -2.30. The van der Waals surface area contributed by atoms with E-state index < -0.39 is 10.0 Å². The van der Waals surface area contributed by atoms with Crippen LogP contribution >= 0.6 is 11.6 Å². The molecule has 0 atom stereocenters. The van der Waals surface area contributed by atoms with Crippen LogP contribution in [0.3, 0.4) is 0 Å². The fraction of sp³-hybridized carbons (Fsp3) is 0.158. The zero-order chi connectivity index (χ0) is 19.4. The molecule has 0 saturated carbocycles. The molecule has 5 nitrogen and oxygen atoms in total. The Kier molecular flexibility index (Phi) is 5.84. The maximum absolute atomic E-state index is 13.9. The summed E-state index contributed by atoms with van der Waals surface area (Å²) in [6.07, 6.45) is 1.78. The van der Waals surface area contributed by atoms with Crippen LogP contribution in [0.4, 0.5) is 4.39 Å². The molecule has 0 amide bonds. The van der Waals surface area contributed by atoms with Crippen molar-refractivity contribution in [3.05, 3.63) is 82.9 Å². The van der Waals surface area contributed by atoms with Crippen molar-refractivity contribution in [3.63, 3.8) is 0 Å². The van der Waals surface area contributed by atoms with Crippen LogP contribution in [0.25, 0.3) is 0 Å². The average Bonchev–Trinajstić information content (AvgIpc) is 3.09. The largest absolute Gasteiger partial charge is 0.495 e. The van der Waals surface area contributed by atoms with Gasteiger partial charge < -0.3 is 9.30 Å². The highest BCUT2D eigenvalue weighted by atomic mass is 35.5. The molecule has 0 bridgehead atoms. The monoisotopic (exact) mass is 408 g/mol. The minimum absolute atomic E-state index is 0.0421. The Morgan fingerprint density at radius 1 is 1.15 bits per heavy atom. The number of methoxy groups -OCH3 is 1. The van der Waals surface area contributed by atoms with E-state index in [0.29, 0.717) is 23.6 Å². The lowest BCUT2D eigenvalue weighted by Gasteiger charge is -2.12. The smallest absolute Gasteiger partial charge is 0.240 e. The Balaban J connectivity index is 1.74. The third-order valence-electron chi connectivity index (χ3n) is 4.10. The first kappa shape index (κ1) is 19.4. The van der Waals surface area contributed by atoms with E-state index in [-0.39, 0.29) is 22.3 Å². The van der Waals surface area contributed by atoms with Crippen LogP contribution in [0.1, 0.15) is 11.3 Å². The second kappa shape index (κ2) is 8.12. The highest BCUT2D eigenvalue weighted by molar-refractivity contribution is 7.89. The van der Waals surface area contributed by atoms with Gasteiger partial charge in [0.15, 0.2) is 0 Å². The number of rotatable bonds is 7. The number of hydrogen-bond donors (Lipinski definition) is 1. The van der Waals surface area contributed by atoms with E-state index in [1.807, 2.05) is 0 Å². The van der Waals surface area contributed by atoms with Crippen molar-refractivity contribution >= 4 is 21.6 Å². The first-order valence-electron chi connectivity index (χ1n) is 8.11. The number of sulfonamides is 1. The van der Waals surface area contributed by atoms with Gasteiger partial charge in [0, 0.05) is 17.5 Å². The summed E-state index contributed by atoms with van der Waals surface area (Å²) in [4.78, 5) is 0.0421. The summed E-state index contributed by atoms with van der Waals surface area (Å²) < 4.78 is 48.3. The van der Waals surface area contributed by atoms with E-state index in [0.717, 1.165) is 0 Å². The van der Waals surface area contributed by atoms with Gasteiger partial charge in [0.05, 0.1) is 30.1 Å². The number of nitrogens with zero attached hydrogens (tertiary/aromatic N) is 1. The molecule has 0 aliphatic rings. The van der Waals surface area contributed by atoms with Crippen molar-refractivity contribution in [1.82, 2.24) is 9.29 Å². The summed E-state index contributed by atoms with van der Waals surface area (Å²) in [5, 5.41) is 0.211. The fourth-order valence-corrected chi connectivity index (χ4v) is 3.99. The summed E-state index contributed by atoms with van der Waals surface area (Å²) in [6.45, 7) is 0.374. The zero-order valence-electron chi connectivity index (χ0n) is 14.5. The second-order valence-corrected chi connectivity index (χ2v) is 8.01. The first-order valence-corrected chi connectivity index (χ1v) is 9.97. The quantitative estimate of drug-likeness (QED) is 0.646. The molecule has 0 spiro atoms. The second-order valence-electron chi connectivity index (χ2n) is 5.84. The lowest BCUT2D eigenvalue weighted by Crippen LogP contribution is -2.24. The Labute approximate surface area is 162 Å². The van der Waals surface area contributed by atoms with Crippen LogP contribution in [-0.4, -0.2) is 20.1 Å². The van der Waals surface area contributed by atoms with Crippen molar-refractivity contribution in [3.8, 4) is 5.75 Å². The molecule has 2 aromatic carbocycles. The number of halogens is 2. The number of benzene rings is 2. The number of nitrogens with one attached hydrogen (secondary N) is 1. The first-order chi connectivity index (χ1) is 12.9. The molecule has 142 valence electrons. The maximum Gasteiger partial charge on any atom is 0.240 e. The predicted molar refractivity (Wildman–Crippen MR) is 102 cm³/mol. The Morgan fingerprint density at radius 2 is 1.93 bits per heavy atom. The zero-order valence-corrected chi connectivity index (χ0v) is 16.1. The predicted octanol–water partition coefficient (Wildman–Crippen LogP) is 3.82. The third-order valence-corrected chi connectivity index (χ3v) is 5.79. The number of hydrogen-bond acceptors (Lipinski definition) is 3. The Hall–Kier alpha value is -2.35. The van der Waals surface area contributed by atoms with Gasteiger partial charge in [-0.05, 0) is 36.4 Å². The lowest BCUT2D eigenvalue weighted by atomic mass is 10.2. The van der Waals surface area contributed by atoms with Gasteiger partial charge in [-0.2, -0.15) is 0 Å². The van der Waals surface area contributed by atoms with E-state index >= 15 is 0 Å². The van der Waals surface area contributed by atoms with Crippen LogP contribution in [0.5, 0.6) is 5.75 Å². The molecule has 0 fully saturated rings. The summed E-state index contributed by atoms with van der Waals surface area (Å²) in [5.74, 6) is 0.0972.